The summed E-state index contributed by atoms with van der Waals surface area (Å²) >= 11 is 2.87. The Morgan fingerprint density at radius 2 is 1.95 bits per heavy atom. The van der Waals surface area contributed by atoms with Crippen molar-refractivity contribution in [2.24, 2.45) is 5.92 Å². The van der Waals surface area contributed by atoms with Gasteiger partial charge in [0.25, 0.3) is 5.91 Å². The van der Waals surface area contributed by atoms with Crippen LogP contribution < -0.4 is 30.9 Å². The number of aliphatic hydroxyl groups is 1. The molecule has 1 aromatic carbocycles. The molecule has 13 nitrogen and oxygen atoms in total. The van der Waals surface area contributed by atoms with Gasteiger partial charge in [-0.25, -0.2) is 4.79 Å². The van der Waals surface area contributed by atoms with Crippen LogP contribution in [0.15, 0.2) is 45.7 Å². The van der Waals surface area contributed by atoms with E-state index in [0.717, 1.165) is 35.7 Å². The molecule has 0 bridgehead atoms. The number of nitrogen functional groups attached to an aromatic ring is 1. The first-order valence-electron chi connectivity index (χ1n) is 12.6. The van der Waals surface area contributed by atoms with Crippen LogP contribution in [0.3, 0.4) is 0 Å². The van der Waals surface area contributed by atoms with E-state index in [1.165, 1.54) is 31.2 Å². The second-order valence-corrected chi connectivity index (χ2v) is 11.2. The van der Waals surface area contributed by atoms with Crippen molar-refractivity contribution in [3.8, 4) is 33.5 Å². The summed E-state index contributed by atoms with van der Waals surface area (Å²) in [6.45, 7) is -0.125. The molecular formula is C26H28N6O7S2. The highest BCUT2D eigenvalue weighted by Gasteiger charge is 2.27. The lowest BCUT2D eigenvalue weighted by Crippen LogP contribution is -2.31. The Labute approximate surface area is 242 Å². The number of aromatic nitrogens is 4. The van der Waals surface area contributed by atoms with Crippen molar-refractivity contribution < 1.29 is 28.5 Å². The van der Waals surface area contributed by atoms with Crippen LogP contribution in [0.4, 0.5) is 10.9 Å². The van der Waals surface area contributed by atoms with Crippen LogP contribution in [0.5, 0.6) is 17.2 Å². The van der Waals surface area contributed by atoms with Crippen LogP contribution in [-0.2, 0) is 0 Å². The van der Waals surface area contributed by atoms with E-state index in [-0.39, 0.29) is 34.7 Å². The molecule has 0 radical (unpaired) electrons. The molecule has 3 aromatic heterocycles. The van der Waals surface area contributed by atoms with Crippen molar-refractivity contribution in [1.82, 2.24) is 20.0 Å². The van der Waals surface area contributed by atoms with Gasteiger partial charge in [0.15, 0.2) is 5.76 Å². The van der Waals surface area contributed by atoms with E-state index >= 15 is 0 Å². The molecule has 216 valence electrons. The average molecular weight is 601 g/mol. The molecule has 15 heteroatoms. The third-order valence-corrected chi connectivity index (χ3v) is 8.39. The first kappa shape index (κ1) is 28.4. The number of methoxy groups -OCH3 is 2. The topological polar surface area (TPSA) is 177 Å². The summed E-state index contributed by atoms with van der Waals surface area (Å²) in [5.74, 6) is 1.84. The molecule has 1 saturated heterocycles. The molecule has 4 heterocycles. The standard InChI is InChI=1S/C26H28N6O7S2/c1-36-17-4-3-5-18(37-2)21(17)15-12-19(23(34)29-25-30-31-26(41-25)32-20(27)6-9-28-32)39-24(35)22(15)38-13-16(33)14-7-10-40-11-8-14/h3-6,9,12,14,16,33H,7-8,10-11,13,27H2,1-2H3,(H,29,30,34)/t16-/m1/s1. The Morgan fingerprint density at radius 3 is 2.61 bits per heavy atom. The molecule has 0 spiro atoms. The molecule has 1 atom stereocenters. The lowest BCUT2D eigenvalue weighted by atomic mass is 9.96. The maximum Gasteiger partial charge on any atom is 0.379 e. The van der Waals surface area contributed by atoms with Crippen LogP contribution in [0.25, 0.3) is 16.3 Å². The monoisotopic (exact) mass is 600 g/mol. The fourth-order valence-electron chi connectivity index (χ4n) is 4.42. The molecule has 0 unspecified atom stereocenters. The number of nitrogens with two attached hydrogens (primary N) is 1. The first-order valence-corrected chi connectivity index (χ1v) is 14.6. The number of nitrogens with one attached hydrogen (secondary N) is 1. The van der Waals surface area contributed by atoms with Gasteiger partial charge in [-0.05, 0) is 48.5 Å². The van der Waals surface area contributed by atoms with E-state index in [1.54, 1.807) is 24.3 Å². The zero-order chi connectivity index (χ0) is 28.9. The number of carbonyl (C=O) groups excluding carboxylic acids is 1. The van der Waals surface area contributed by atoms with E-state index in [2.05, 4.69) is 20.6 Å². The number of carbonyl (C=O) groups is 1. The summed E-state index contributed by atoms with van der Waals surface area (Å²) in [6.07, 6.45) is 2.45. The van der Waals surface area contributed by atoms with Crippen molar-refractivity contribution >= 4 is 40.0 Å². The number of thioether (sulfide) groups is 1. The number of hydrogen-bond acceptors (Lipinski definition) is 13. The minimum Gasteiger partial charge on any atom is -0.496 e. The van der Waals surface area contributed by atoms with Gasteiger partial charge in [-0.15, -0.1) is 10.2 Å². The minimum absolute atomic E-state index is 0.0616. The Morgan fingerprint density at radius 1 is 1.22 bits per heavy atom. The second-order valence-electron chi connectivity index (χ2n) is 9.02. The van der Waals surface area contributed by atoms with Crippen LogP contribution in [0.1, 0.15) is 23.4 Å². The second kappa shape index (κ2) is 12.6. The van der Waals surface area contributed by atoms with Crippen molar-refractivity contribution in [2.45, 2.75) is 18.9 Å². The highest BCUT2D eigenvalue weighted by Crippen LogP contribution is 2.42. The van der Waals surface area contributed by atoms with Crippen LogP contribution in [-0.4, -0.2) is 69.4 Å². The van der Waals surface area contributed by atoms with Gasteiger partial charge >= 0.3 is 5.63 Å². The highest BCUT2D eigenvalue weighted by molar-refractivity contribution is 7.99. The van der Waals surface area contributed by atoms with Crippen LogP contribution >= 0.6 is 23.1 Å². The van der Waals surface area contributed by atoms with Crippen LogP contribution in [0, 0.1) is 5.92 Å². The van der Waals surface area contributed by atoms with Gasteiger partial charge in [0.1, 0.15) is 23.9 Å². The number of hydrogen-bond donors (Lipinski definition) is 3. The average Bonchev–Trinajstić information content (AvgIpc) is 3.64. The number of rotatable bonds is 10. The zero-order valence-corrected chi connectivity index (χ0v) is 23.9. The van der Waals surface area contributed by atoms with Crippen molar-refractivity contribution in [3.63, 3.8) is 0 Å². The predicted molar refractivity (Wildman–Crippen MR) is 154 cm³/mol. The molecule has 0 aliphatic carbocycles. The summed E-state index contributed by atoms with van der Waals surface area (Å²) < 4.78 is 23.7. The molecule has 1 amide bonds. The Kier molecular flexibility index (Phi) is 8.75. The van der Waals surface area contributed by atoms with Gasteiger partial charge in [-0.3, -0.25) is 10.1 Å². The minimum atomic E-state index is -0.908. The van der Waals surface area contributed by atoms with E-state index in [1.807, 2.05) is 11.8 Å². The summed E-state index contributed by atoms with van der Waals surface area (Å²) in [6, 6.07) is 8.07. The van der Waals surface area contributed by atoms with Gasteiger partial charge in [-0.2, -0.15) is 21.5 Å². The lowest BCUT2D eigenvalue weighted by molar-refractivity contribution is 0.0522. The van der Waals surface area contributed by atoms with E-state index < -0.39 is 17.6 Å². The molecule has 1 aliphatic heterocycles. The highest BCUT2D eigenvalue weighted by atomic mass is 32.2. The van der Waals surface area contributed by atoms with Gasteiger partial charge in [0.05, 0.1) is 32.1 Å². The van der Waals surface area contributed by atoms with Crippen LogP contribution in [0.2, 0.25) is 0 Å². The molecule has 4 N–H and O–H groups in total. The van der Waals surface area contributed by atoms with Crippen molar-refractivity contribution in [1.29, 1.82) is 0 Å². The number of benzene rings is 1. The molecular weight excluding hydrogens is 572 g/mol. The van der Waals surface area contributed by atoms with E-state index in [9.17, 15) is 14.7 Å². The predicted octanol–water partition coefficient (Wildman–Crippen LogP) is 3.08. The third-order valence-electron chi connectivity index (χ3n) is 6.53. The number of anilines is 2. The summed E-state index contributed by atoms with van der Waals surface area (Å²) in [5, 5.41) is 25.8. The number of amides is 1. The molecule has 1 fully saturated rings. The normalized spacial score (nSPS) is 14.4. The van der Waals surface area contributed by atoms with E-state index in [0.29, 0.717) is 28.0 Å². The number of ether oxygens (including phenoxy) is 3. The fraction of sp³-hybridized carbons (Fsp3) is 0.346. The van der Waals surface area contributed by atoms with Gasteiger partial charge < -0.3 is 29.5 Å². The number of aliphatic hydroxyl groups excluding tert-OH is 1. The quantitative estimate of drug-likeness (QED) is 0.243. The maximum atomic E-state index is 13.3. The third kappa shape index (κ3) is 6.16. The summed E-state index contributed by atoms with van der Waals surface area (Å²) in [7, 11) is 2.95. The first-order chi connectivity index (χ1) is 19.9. The fourth-order valence-corrected chi connectivity index (χ4v) is 6.28. The molecule has 41 heavy (non-hydrogen) atoms. The van der Waals surface area contributed by atoms with Crippen molar-refractivity contribution in [3.05, 3.63) is 52.7 Å². The molecule has 1 aliphatic rings. The van der Waals surface area contributed by atoms with Gasteiger partial charge in [-0.1, -0.05) is 17.4 Å². The maximum absolute atomic E-state index is 13.3. The van der Waals surface area contributed by atoms with Gasteiger partial charge in [0, 0.05) is 11.6 Å². The van der Waals surface area contributed by atoms with E-state index in [4.69, 9.17) is 24.4 Å². The summed E-state index contributed by atoms with van der Waals surface area (Å²) in [5.41, 5.74) is 5.54. The van der Waals surface area contributed by atoms with Crippen molar-refractivity contribution in [2.75, 3.05) is 43.4 Å². The molecule has 4 aromatic rings. The Hall–Kier alpha value is -4.08. The SMILES string of the molecule is COc1cccc(OC)c1-c1cc(C(=O)Nc2nnc(-n3nccc3N)s2)oc(=O)c1OC[C@@H](O)C1CCSCC1. The molecule has 5 rings (SSSR count). The van der Waals surface area contributed by atoms with Gasteiger partial charge in [0.2, 0.25) is 16.0 Å². The lowest BCUT2D eigenvalue weighted by Gasteiger charge is -2.26. The Balaban J connectivity index is 1.48. The number of nitrogens with zero attached hydrogens (tertiary/aromatic N) is 4. The Bertz CT molecular complexity index is 1560. The summed E-state index contributed by atoms with van der Waals surface area (Å²) in [4.78, 5) is 26.5. The largest absolute Gasteiger partial charge is 0.496 e. The zero-order valence-electron chi connectivity index (χ0n) is 22.2. The molecule has 0 saturated carbocycles. The smallest absolute Gasteiger partial charge is 0.379 e.